The third-order valence-corrected chi connectivity index (χ3v) is 4.40. The quantitative estimate of drug-likeness (QED) is 0.418. The van der Waals surface area contributed by atoms with E-state index in [1.54, 1.807) is 6.08 Å². The number of hydrogen-bond donors (Lipinski definition) is 0. The lowest BCUT2D eigenvalue weighted by Crippen LogP contribution is -2.09. The number of benzene rings is 1. The Morgan fingerprint density at radius 3 is 2.93 bits per heavy atom. The van der Waals surface area contributed by atoms with Crippen molar-refractivity contribution in [3.63, 3.8) is 0 Å². The van der Waals surface area contributed by atoms with Crippen molar-refractivity contribution in [1.29, 1.82) is 0 Å². The first-order valence-corrected chi connectivity index (χ1v) is 6.23. The van der Waals surface area contributed by atoms with Crippen molar-refractivity contribution in [3.8, 4) is 0 Å². The zero-order valence-corrected chi connectivity index (χ0v) is 8.75. The average molecular weight is 225 g/mol. The molecule has 1 heterocycles. The second kappa shape index (κ2) is 4.06. The first-order valence-electron chi connectivity index (χ1n) is 4.01. The summed E-state index contributed by atoms with van der Waals surface area (Å²) in [6.45, 7) is 0. The van der Waals surface area contributed by atoms with Gasteiger partial charge in [0.2, 0.25) is 0 Å². The van der Waals surface area contributed by atoms with Crippen LogP contribution in [0.4, 0.5) is 0 Å². The van der Waals surface area contributed by atoms with Gasteiger partial charge in [0.25, 0.3) is 5.37 Å². The maximum Gasteiger partial charge on any atom is 0.286 e. The van der Waals surface area contributed by atoms with Crippen LogP contribution in [0.3, 0.4) is 0 Å². The first kappa shape index (κ1) is 9.61. The van der Waals surface area contributed by atoms with Gasteiger partial charge in [-0.25, -0.2) is 0 Å². The minimum atomic E-state index is -0.646. The highest BCUT2D eigenvalue weighted by Gasteiger charge is 2.20. The molecular weight excluding hydrogens is 218 g/mol. The number of fused-ring (bicyclic) bond motifs is 1. The fourth-order valence-corrected chi connectivity index (χ4v) is 3.37. The summed E-state index contributed by atoms with van der Waals surface area (Å²) in [5.41, 5.74) is 1.05. The SMILES string of the molecule is O=[N+]([O-])C1C=Cc2ccccc2SS1. The van der Waals surface area contributed by atoms with Gasteiger partial charge < -0.3 is 0 Å². The van der Waals surface area contributed by atoms with Gasteiger partial charge in [-0.15, -0.1) is 0 Å². The van der Waals surface area contributed by atoms with Gasteiger partial charge in [-0.3, -0.25) is 10.1 Å². The Labute approximate surface area is 89.1 Å². The molecule has 1 aliphatic heterocycles. The van der Waals surface area contributed by atoms with Crippen molar-refractivity contribution in [2.45, 2.75) is 10.3 Å². The third kappa shape index (κ3) is 1.93. The van der Waals surface area contributed by atoms with E-state index in [2.05, 4.69) is 0 Å². The second-order valence-corrected chi connectivity index (χ2v) is 5.11. The van der Waals surface area contributed by atoms with E-state index < -0.39 is 5.37 Å². The second-order valence-electron chi connectivity index (χ2n) is 2.75. The maximum absolute atomic E-state index is 10.6. The van der Waals surface area contributed by atoms with Gasteiger partial charge in [0.05, 0.1) is 0 Å². The Balaban J connectivity index is 2.29. The van der Waals surface area contributed by atoms with Gasteiger partial charge in [-0.05, 0) is 22.4 Å². The molecule has 1 aromatic rings. The van der Waals surface area contributed by atoms with Crippen LogP contribution in [0, 0.1) is 10.1 Å². The molecule has 1 aliphatic rings. The molecule has 0 N–H and O–H groups in total. The molecule has 1 aromatic carbocycles. The van der Waals surface area contributed by atoms with Crippen molar-refractivity contribution in [2.24, 2.45) is 0 Å². The molecule has 0 radical (unpaired) electrons. The molecule has 0 saturated carbocycles. The van der Waals surface area contributed by atoms with Crippen LogP contribution < -0.4 is 0 Å². The molecule has 0 amide bonds. The van der Waals surface area contributed by atoms with Crippen LogP contribution in [-0.4, -0.2) is 10.3 Å². The summed E-state index contributed by atoms with van der Waals surface area (Å²) in [6, 6.07) is 7.80. The third-order valence-electron chi connectivity index (χ3n) is 1.80. The van der Waals surface area contributed by atoms with Gasteiger partial charge in [0.1, 0.15) is 0 Å². The summed E-state index contributed by atoms with van der Waals surface area (Å²) >= 11 is 0. The molecule has 3 nitrogen and oxygen atoms in total. The lowest BCUT2D eigenvalue weighted by atomic mass is 10.2. The Hall–Kier alpha value is -0.940. The molecule has 14 heavy (non-hydrogen) atoms. The van der Waals surface area contributed by atoms with Crippen LogP contribution in [0.2, 0.25) is 0 Å². The Bertz CT molecular complexity index is 392. The summed E-state index contributed by atoms with van der Waals surface area (Å²) in [4.78, 5) is 11.4. The molecule has 1 atom stereocenters. The molecule has 0 bridgehead atoms. The van der Waals surface area contributed by atoms with Crippen LogP contribution >= 0.6 is 21.6 Å². The summed E-state index contributed by atoms with van der Waals surface area (Å²) < 4.78 is 0. The fraction of sp³-hybridized carbons (Fsp3) is 0.111. The van der Waals surface area contributed by atoms with E-state index in [0.29, 0.717) is 0 Å². The van der Waals surface area contributed by atoms with E-state index in [-0.39, 0.29) is 4.92 Å². The number of rotatable bonds is 1. The van der Waals surface area contributed by atoms with Crippen LogP contribution in [0.5, 0.6) is 0 Å². The van der Waals surface area contributed by atoms with E-state index in [1.165, 1.54) is 21.6 Å². The van der Waals surface area contributed by atoms with E-state index in [0.717, 1.165) is 10.5 Å². The van der Waals surface area contributed by atoms with Crippen LogP contribution in [0.25, 0.3) is 6.08 Å². The lowest BCUT2D eigenvalue weighted by Gasteiger charge is -2.01. The molecule has 1 unspecified atom stereocenters. The van der Waals surface area contributed by atoms with Crippen LogP contribution in [0.15, 0.2) is 35.2 Å². The first-order chi connectivity index (χ1) is 6.77. The van der Waals surface area contributed by atoms with Crippen LogP contribution in [-0.2, 0) is 0 Å². The van der Waals surface area contributed by atoms with E-state index in [9.17, 15) is 10.1 Å². The summed E-state index contributed by atoms with van der Waals surface area (Å²) in [7, 11) is 2.72. The molecule has 2 rings (SSSR count). The van der Waals surface area contributed by atoms with E-state index in [1.807, 2.05) is 30.3 Å². The lowest BCUT2D eigenvalue weighted by molar-refractivity contribution is -0.482. The normalized spacial score (nSPS) is 19.9. The zero-order chi connectivity index (χ0) is 9.97. The molecule has 0 aromatic heterocycles. The van der Waals surface area contributed by atoms with Crippen molar-refractivity contribution in [1.82, 2.24) is 0 Å². The number of hydrogen-bond acceptors (Lipinski definition) is 4. The molecule has 0 saturated heterocycles. The summed E-state index contributed by atoms with van der Waals surface area (Å²) in [6.07, 6.45) is 3.44. The van der Waals surface area contributed by atoms with Crippen molar-refractivity contribution < 1.29 is 4.92 Å². The number of nitrogens with zero attached hydrogens (tertiary/aromatic N) is 1. The highest BCUT2D eigenvalue weighted by molar-refractivity contribution is 8.77. The van der Waals surface area contributed by atoms with Crippen molar-refractivity contribution >= 4 is 27.7 Å². The van der Waals surface area contributed by atoms with Crippen molar-refractivity contribution in [2.75, 3.05) is 0 Å². The molecule has 5 heteroatoms. The van der Waals surface area contributed by atoms with E-state index in [4.69, 9.17) is 0 Å². The van der Waals surface area contributed by atoms with Gasteiger partial charge in [0.15, 0.2) is 0 Å². The zero-order valence-electron chi connectivity index (χ0n) is 7.12. The maximum atomic E-state index is 10.6. The molecule has 0 aliphatic carbocycles. The summed E-state index contributed by atoms with van der Waals surface area (Å²) in [5, 5.41) is 9.93. The molecule has 0 fully saturated rings. The Kier molecular flexibility index (Phi) is 2.79. The number of nitro groups is 1. The Morgan fingerprint density at radius 2 is 2.14 bits per heavy atom. The predicted octanol–water partition coefficient (Wildman–Crippen LogP) is 3.06. The van der Waals surface area contributed by atoms with E-state index >= 15 is 0 Å². The van der Waals surface area contributed by atoms with Gasteiger partial charge in [-0.1, -0.05) is 35.1 Å². The highest BCUT2D eigenvalue weighted by atomic mass is 33.1. The largest absolute Gasteiger partial charge is 0.286 e. The molecule has 72 valence electrons. The topological polar surface area (TPSA) is 43.1 Å². The highest BCUT2D eigenvalue weighted by Crippen LogP contribution is 2.40. The predicted molar refractivity (Wildman–Crippen MR) is 59.7 cm³/mol. The minimum Gasteiger partial charge on any atom is -0.263 e. The fourth-order valence-electron chi connectivity index (χ4n) is 1.12. The monoisotopic (exact) mass is 225 g/mol. The van der Waals surface area contributed by atoms with Crippen LogP contribution in [0.1, 0.15) is 5.56 Å². The van der Waals surface area contributed by atoms with Gasteiger partial charge >= 0.3 is 0 Å². The summed E-state index contributed by atoms with van der Waals surface area (Å²) in [5.74, 6) is 0. The van der Waals surface area contributed by atoms with Gasteiger partial charge in [-0.2, -0.15) is 0 Å². The average Bonchev–Trinajstić information content (AvgIpc) is 2.39. The minimum absolute atomic E-state index is 0.278. The smallest absolute Gasteiger partial charge is 0.263 e. The standard InChI is InChI=1S/C9H7NO2S2/c11-10(12)9-6-5-7-3-1-2-4-8(7)13-14-9/h1-6,9H. The molecule has 0 spiro atoms. The van der Waals surface area contributed by atoms with Crippen molar-refractivity contribution in [3.05, 3.63) is 46.0 Å². The molecular formula is C9H7NO2S2. The Morgan fingerprint density at radius 1 is 1.36 bits per heavy atom. The van der Waals surface area contributed by atoms with Gasteiger partial charge in [0, 0.05) is 15.9 Å².